The molecular formula is C25H31NO7. The van der Waals surface area contributed by atoms with E-state index in [1.54, 1.807) is 57.2 Å². The van der Waals surface area contributed by atoms with Gasteiger partial charge in [-0.05, 0) is 39.0 Å². The number of likely N-dealkylation sites (tertiary alicyclic amines) is 1. The lowest BCUT2D eigenvalue weighted by Gasteiger charge is -2.28. The molecule has 1 aliphatic heterocycles. The first-order valence-electron chi connectivity index (χ1n) is 10.8. The van der Waals surface area contributed by atoms with Gasteiger partial charge in [0.15, 0.2) is 11.5 Å². The van der Waals surface area contributed by atoms with Crippen LogP contribution in [0.15, 0.2) is 42.5 Å². The number of esters is 1. The van der Waals surface area contributed by atoms with Crippen molar-refractivity contribution in [3.05, 3.63) is 53.6 Å². The predicted molar refractivity (Wildman–Crippen MR) is 121 cm³/mol. The van der Waals surface area contributed by atoms with E-state index in [2.05, 4.69) is 0 Å². The van der Waals surface area contributed by atoms with Crippen LogP contribution in [-0.2, 0) is 9.53 Å². The molecule has 1 saturated heterocycles. The molecule has 2 aromatic carbocycles. The third-order valence-electron chi connectivity index (χ3n) is 5.86. The number of phenolic OH excluding ortho intramolecular Hbond substituents is 2. The van der Waals surface area contributed by atoms with E-state index in [-0.39, 0.29) is 37.0 Å². The van der Waals surface area contributed by atoms with Crippen LogP contribution in [0.3, 0.4) is 0 Å². The Morgan fingerprint density at radius 2 is 1.73 bits per heavy atom. The summed E-state index contributed by atoms with van der Waals surface area (Å²) in [4.78, 5) is 27.5. The second-order valence-electron chi connectivity index (χ2n) is 9.19. The molecule has 0 radical (unpaired) electrons. The van der Waals surface area contributed by atoms with Crippen molar-refractivity contribution in [3.63, 3.8) is 0 Å². The Kier molecular flexibility index (Phi) is 7.17. The molecule has 0 bridgehead atoms. The van der Waals surface area contributed by atoms with Gasteiger partial charge in [0, 0.05) is 29.5 Å². The van der Waals surface area contributed by atoms with Gasteiger partial charge in [0.25, 0.3) is 5.91 Å². The zero-order valence-electron chi connectivity index (χ0n) is 19.3. The molecule has 0 aliphatic carbocycles. The Labute approximate surface area is 193 Å². The number of phenols is 2. The van der Waals surface area contributed by atoms with Crippen molar-refractivity contribution in [3.8, 4) is 17.2 Å². The number of hydrogen-bond acceptors (Lipinski definition) is 7. The maximum Gasteiger partial charge on any atom is 0.306 e. The molecule has 178 valence electrons. The van der Waals surface area contributed by atoms with Gasteiger partial charge in [-0.3, -0.25) is 9.59 Å². The summed E-state index contributed by atoms with van der Waals surface area (Å²) in [6.45, 7) is 5.06. The first-order valence-corrected chi connectivity index (χ1v) is 10.8. The Bertz CT molecular complexity index is 1000. The summed E-state index contributed by atoms with van der Waals surface area (Å²) in [5.41, 5.74) is 0.123. The van der Waals surface area contributed by atoms with Gasteiger partial charge in [-0.15, -0.1) is 0 Å². The molecule has 1 fully saturated rings. The highest BCUT2D eigenvalue weighted by Gasteiger charge is 2.46. The van der Waals surface area contributed by atoms with Crippen molar-refractivity contribution in [2.75, 3.05) is 20.3 Å². The third-order valence-corrected chi connectivity index (χ3v) is 5.86. The van der Waals surface area contributed by atoms with E-state index in [1.165, 1.54) is 18.1 Å². The van der Waals surface area contributed by atoms with Crippen molar-refractivity contribution in [1.82, 2.24) is 4.90 Å². The van der Waals surface area contributed by atoms with Gasteiger partial charge in [-0.25, -0.2) is 0 Å². The molecular weight excluding hydrogens is 426 g/mol. The van der Waals surface area contributed by atoms with E-state index < -0.39 is 35.2 Å². The van der Waals surface area contributed by atoms with Crippen molar-refractivity contribution >= 4 is 11.9 Å². The molecule has 2 aromatic rings. The molecule has 1 amide bonds. The predicted octanol–water partition coefficient (Wildman–Crippen LogP) is 3.05. The Hall–Kier alpha value is -3.26. The summed E-state index contributed by atoms with van der Waals surface area (Å²) in [6, 6.07) is 11.1. The van der Waals surface area contributed by atoms with Crippen molar-refractivity contribution < 1.29 is 34.4 Å². The van der Waals surface area contributed by atoms with Crippen LogP contribution in [-0.4, -0.2) is 64.0 Å². The van der Waals surface area contributed by atoms with Crippen LogP contribution in [0, 0.1) is 5.92 Å². The molecule has 3 N–H and O–H groups in total. The van der Waals surface area contributed by atoms with Gasteiger partial charge in [0.2, 0.25) is 5.75 Å². The SMILES string of the molecule is COc1ccc(C2CN(C(=O)c3ccccc3)[C@H](CO)[C@H]2CC(=O)OC(C)(C)C)c(O)c1O. The summed E-state index contributed by atoms with van der Waals surface area (Å²) in [7, 11) is 1.37. The van der Waals surface area contributed by atoms with Crippen molar-refractivity contribution in [2.45, 2.75) is 44.8 Å². The molecule has 0 aromatic heterocycles. The van der Waals surface area contributed by atoms with Crippen LogP contribution < -0.4 is 4.74 Å². The van der Waals surface area contributed by atoms with Crippen molar-refractivity contribution in [1.29, 1.82) is 0 Å². The van der Waals surface area contributed by atoms with Crippen LogP contribution in [0.25, 0.3) is 0 Å². The minimum Gasteiger partial charge on any atom is -0.504 e. The number of rotatable bonds is 6. The number of nitrogens with zero attached hydrogens (tertiary/aromatic N) is 1. The Morgan fingerprint density at radius 3 is 2.30 bits per heavy atom. The van der Waals surface area contributed by atoms with Gasteiger partial charge in [-0.2, -0.15) is 0 Å². The summed E-state index contributed by atoms with van der Waals surface area (Å²) in [6.07, 6.45) is -0.0715. The first kappa shape index (κ1) is 24.4. The van der Waals surface area contributed by atoms with Crippen LogP contribution in [0.1, 0.15) is 49.0 Å². The number of aliphatic hydroxyl groups excluding tert-OH is 1. The number of aromatic hydroxyl groups is 2. The number of aliphatic hydroxyl groups is 1. The Balaban J connectivity index is 2.02. The van der Waals surface area contributed by atoms with E-state index in [9.17, 15) is 24.9 Å². The Morgan fingerprint density at radius 1 is 1.06 bits per heavy atom. The topological polar surface area (TPSA) is 117 Å². The molecule has 8 nitrogen and oxygen atoms in total. The van der Waals surface area contributed by atoms with Gasteiger partial charge in [0.05, 0.1) is 26.2 Å². The normalized spacial score (nSPS) is 20.5. The molecule has 33 heavy (non-hydrogen) atoms. The number of carbonyl (C=O) groups is 2. The summed E-state index contributed by atoms with van der Waals surface area (Å²) in [5, 5.41) is 31.3. The molecule has 3 atom stereocenters. The molecule has 8 heteroatoms. The number of hydrogen-bond donors (Lipinski definition) is 3. The van der Waals surface area contributed by atoms with Crippen LogP contribution in [0.5, 0.6) is 17.2 Å². The fraction of sp³-hybridized carbons (Fsp3) is 0.440. The molecule has 1 unspecified atom stereocenters. The van der Waals surface area contributed by atoms with Crippen molar-refractivity contribution in [2.24, 2.45) is 5.92 Å². The standard InChI is InChI=1S/C25H31NO7/c1-25(2,3)33-21(28)12-17-18(16-10-11-20(32-4)23(30)22(16)29)13-26(19(17)14-27)24(31)15-8-6-5-7-9-15/h5-11,17-19,27,29-30H,12-14H2,1-4H3/t17-,18?,19+/m0/s1. The summed E-state index contributed by atoms with van der Waals surface area (Å²) >= 11 is 0. The third kappa shape index (κ3) is 5.22. The number of ether oxygens (including phenoxy) is 2. The lowest BCUT2D eigenvalue weighted by Crippen LogP contribution is -2.41. The van der Waals surface area contributed by atoms with Crippen LogP contribution >= 0.6 is 0 Å². The molecule has 3 rings (SSSR count). The quantitative estimate of drug-likeness (QED) is 0.451. The highest BCUT2D eigenvalue weighted by Crippen LogP contribution is 2.47. The maximum absolute atomic E-state index is 13.3. The van der Waals surface area contributed by atoms with Gasteiger partial charge >= 0.3 is 5.97 Å². The van der Waals surface area contributed by atoms with E-state index in [0.717, 1.165) is 0 Å². The second kappa shape index (κ2) is 9.70. The molecule has 1 heterocycles. The number of carbonyl (C=O) groups excluding carboxylic acids is 2. The fourth-order valence-corrected chi connectivity index (χ4v) is 4.42. The van der Waals surface area contributed by atoms with E-state index in [1.807, 2.05) is 0 Å². The molecule has 1 aliphatic rings. The number of benzene rings is 2. The maximum atomic E-state index is 13.3. The minimum absolute atomic E-state index is 0.0715. The van der Waals surface area contributed by atoms with Gasteiger partial charge < -0.3 is 29.7 Å². The number of amides is 1. The average Bonchev–Trinajstić information content (AvgIpc) is 3.12. The van der Waals surface area contributed by atoms with Crippen LogP contribution in [0.2, 0.25) is 0 Å². The minimum atomic E-state index is -0.694. The van der Waals surface area contributed by atoms with Gasteiger partial charge in [0.1, 0.15) is 5.60 Å². The lowest BCUT2D eigenvalue weighted by molar-refractivity contribution is -0.156. The zero-order chi connectivity index (χ0) is 24.3. The smallest absolute Gasteiger partial charge is 0.306 e. The summed E-state index contributed by atoms with van der Waals surface area (Å²) < 4.78 is 10.6. The number of methoxy groups -OCH3 is 1. The van der Waals surface area contributed by atoms with Gasteiger partial charge in [-0.1, -0.05) is 24.3 Å². The van der Waals surface area contributed by atoms with E-state index in [4.69, 9.17) is 9.47 Å². The second-order valence-corrected chi connectivity index (χ2v) is 9.19. The molecule has 0 spiro atoms. The average molecular weight is 458 g/mol. The highest BCUT2D eigenvalue weighted by molar-refractivity contribution is 5.94. The largest absolute Gasteiger partial charge is 0.504 e. The first-order chi connectivity index (χ1) is 15.6. The van der Waals surface area contributed by atoms with E-state index >= 15 is 0 Å². The molecule has 0 saturated carbocycles. The zero-order valence-corrected chi connectivity index (χ0v) is 19.3. The summed E-state index contributed by atoms with van der Waals surface area (Å²) in [5.74, 6) is -2.52. The van der Waals surface area contributed by atoms with Crippen LogP contribution in [0.4, 0.5) is 0 Å². The highest BCUT2D eigenvalue weighted by atomic mass is 16.6. The fourth-order valence-electron chi connectivity index (χ4n) is 4.42. The lowest BCUT2D eigenvalue weighted by atomic mass is 9.82. The van der Waals surface area contributed by atoms with E-state index in [0.29, 0.717) is 11.1 Å². The monoisotopic (exact) mass is 457 g/mol.